The molecule has 0 aromatic heterocycles. The predicted molar refractivity (Wildman–Crippen MR) is 174 cm³/mol. The van der Waals surface area contributed by atoms with Crippen molar-refractivity contribution >= 4 is 38.8 Å². The Kier molecular flexibility index (Phi) is 8.59. The molecule has 43 heavy (non-hydrogen) atoms. The fourth-order valence-electron chi connectivity index (χ4n) is 7.57. The molecule has 1 fully saturated rings. The minimum atomic E-state index is -3.02. The van der Waals surface area contributed by atoms with Crippen LogP contribution in [0, 0.1) is 11.8 Å². The molecule has 2 aliphatic carbocycles. The monoisotopic (exact) mass is 626 g/mol. The molecule has 1 N–H and O–H groups in total. The van der Waals surface area contributed by atoms with Gasteiger partial charge in [0.25, 0.3) is 5.91 Å². The Bertz CT molecular complexity index is 1510. The highest BCUT2D eigenvalue weighted by atomic mass is 35.5. The SMILES string of the molecule is C=S1(=O)NC(=O)c2ccc3c(c2)N(C[C@@H]2CC[C@H]2[C@@H](OC)/C=C/C[C@@H](OC)[C@@H]1C)C[C@@]1(CCCc2cc(Cl)ccc21)CO3. The zero-order valence-corrected chi connectivity index (χ0v) is 26.9. The molecule has 2 aliphatic heterocycles. The topological polar surface area (TPSA) is 77.1 Å². The summed E-state index contributed by atoms with van der Waals surface area (Å²) in [5.41, 5.74) is 3.73. The third-order valence-electron chi connectivity index (χ3n) is 10.3. The van der Waals surface area contributed by atoms with E-state index in [4.69, 9.17) is 25.8 Å². The van der Waals surface area contributed by atoms with Gasteiger partial charge >= 0.3 is 0 Å². The molecule has 0 radical (unpaired) electrons. The Labute approximate surface area is 261 Å². The van der Waals surface area contributed by atoms with E-state index in [2.05, 4.69) is 39.8 Å². The van der Waals surface area contributed by atoms with E-state index in [-0.39, 0.29) is 17.6 Å². The van der Waals surface area contributed by atoms with Crippen LogP contribution in [0.3, 0.4) is 0 Å². The average molecular weight is 627 g/mol. The van der Waals surface area contributed by atoms with Gasteiger partial charge in [-0.1, -0.05) is 29.8 Å². The largest absolute Gasteiger partial charge is 0.490 e. The summed E-state index contributed by atoms with van der Waals surface area (Å²) in [5, 5.41) is 0.259. The van der Waals surface area contributed by atoms with E-state index in [1.54, 1.807) is 20.3 Å². The summed E-state index contributed by atoms with van der Waals surface area (Å²) < 4.78 is 34.8. The number of carbonyl (C=O) groups excluding carboxylic acids is 1. The third kappa shape index (κ3) is 5.84. The average Bonchev–Trinajstić information content (AvgIpc) is 3.12. The van der Waals surface area contributed by atoms with Crippen LogP contribution in [0.5, 0.6) is 5.75 Å². The zero-order chi connectivity index (χ0) is 30.4. The van der Waals surface area contributed by atoms with E-state index in [1.807, 2.05) is 25.1 Å². The van der Waals surface area contributed by atoms with Crippen LogP contribution < -0.4 is 14.4 Å². The van der Waals surface area contributed by atoms with Gasteiger partial charge in [0.15, 0.2) is 0 Å². The Morgan fingerprint density at radius 1 is 1.16 bits per heavy atom. The van der Waals surface area contributed by atoms with Crippen molar-refractivity contribution in [2.75, 3.05) is 38.8 Å². The van der Waals surface area contributed by atoms with Crippen LogP contribution in [0.2, 0.25) is 5.02 Å². The molecule has 4 aliphatic rings. The summed E-state index contributed by atoms with van der Waals surface area (Å²) in [6.45, 7) is 3.97. The molecule has 2 heterocycles. The molecule has 2 bridgehead atoms. The molecule has 1 spiro atoms. The van der Waals surface area contributed by atoms with Gasteiger partial charge in [-0.05, 0) is 105 Å². The summed E-state index contributed by atoms with van der Waals surface area (Å²) in [4.78, 5) is 16.0. The van der Waals surface area contributed by atoms with Crippen molar-refractivity contribution in [1.29, 1.82) is 0 Å². The minimum absolute atomic E-state index is 0.0242. The summed E-state index contributed by atoms with van der Waals surface area (Å²) in [6.07, 6.45) is 9.65. The number of hydrogen-bond acceptors (Lipinski definition) is 6. The number of aryl methyl sites for hydroxylation is 1. The normalized spacial score (nSPS) is 35.0. The fourth-order valence-corrected chi connectivity index (χ4v) is 9.09. The fraction of sp³-hybridized carbons (Fsp3) is 0.529. The molecule has 2 aromatic rings. The standard InChI is InChI=1S/C34H43ClN2O5S/c1-22-30(40-2)8-5-9-31(41-3)27-13-10-25(27)19-37-20-34(16-6-7-23-17-26(35)12-14-28(23)34)21-42-32-15-11-24(18-29(32)37)33(38)36-43(22,4)39/h5,9,11-12,14-15,17-18,22,25,27,30-31H,4,6-8,10,13,16,19-21H2,1-3H3,(H,36,38,39)/b9-5+/t22-,25-,27+,30+,31-,34-,43?/m0/s1. The van der Waals surface area contributed by atoms with E-state index < -0.39 is 20.9 Å². The van der Waals surface area contributed by atoms with Crippen LogP contribution in [0.25, 0.3) is 0 Å². The van der Waals surface area contributed by atoms with E-state index in [0.29, 0.717) is 30.4 Å². The summed E-state index contributed by atoms with van der Waals surface area (Å²) in [5.74, 6) is 5.09. The molecule has 2 aromatic carbocycles. The van der Waals surface area contributed by atoms with Crippen molar-refractivity contribution < 1.29 is 23.2 Å². The van der Waals surface area contributed by atoms with Crippen LogP contribution in [-0.2, 0) is 31.0 Å². The maximum Gasteiger partial charge on any atom is 0.262 e. The van der Waals surface area contributed by atoms with Crippen molar-refractivity contribution in [3.8, 4) is 5.75 Å². The second-order valence-electron chi connectivity index (χ2n) is 12.8. The van der Waals surface area contributed by atoms with E-state index in [1.165, 1.54) is 11.1 Å². The smallest absolute Gasteiger partial charge is 0.262 e. The lowest BCUT2D eigenvalue weighted by Crippen LogP contribution is -2.49. The molecule has 9 heteroatoms. The number of ether oxygens (including phenoxy) is 3. The number of hydrogen-bond donors (Lipinski definition) is 1. The number of carbonyl (C=O) groups is 1. The van der Waals surface area contributed by atoms with Crippen LogP contribution in [-0.4, -0.2) is 67.4 Å². The van der Waals surface area contributed by atoms with Gasteiger partial charge in [0.05, 0.1) is 39.5 Å². The van der Waals surface area contributed by atoms with E-state index in [0.717, 1.165) is 61.7 Å². The van der Waals surface area contributed by atoms with Crippen LogP contribution >= 0.6 is 11.6 Å². The quantitative estimate of drug-likeness (QED) is 0.347. The number of rotatable bonds is 2. The second kappa shape index (κ2) is 12.1. The lowest BCUT2D eigenvalue weighted by Gasteiger charge is -2.46. The molecule has 0 saturated heterocycles. The molecule has 1 saturated carbocycles. The van der Waals surface area contributed by atoms with Gasteiger partial charge in [-0.15, -0.1) is 0 Å². The highest BCUT2D eigenvalue weighted by Gasteiger charge is 2.44. The Hall–Kier alpha value is -2.52. The maximum atomic E-state index is 13.7. The van der Waals surface area contributed by atoms with Gasteiger partial charge in [-0.2, -0.15) is 0 Å². The highest BCUT2D eigenvalue weighted by Crippen LogP contribution is 2.47. The molecule has 1 amide bonds. The number of fused-ring (bicyclic) bond motifs is 4. The third-order valence-corrected chi connectivity index (χ3v) is 12.6. The number of nitrogens with zero attached hydrogens (tertiary/aromatic N) is 1. The van der Waals surface area contributed by atoms with Crippen molar-refractivity contribution in [2.45, 2.75) is 68.3 Å². The first-order chi connectivity index (χ1) is 20.6. The summed E-state index contributed by atoms with van der Waals surface area (Å²) in [6, 6.07) is 11.8. The molecule has 7 nitrogen and oxygen atoms in total. The Morgan fingerprint density at radius 3 is 2.74 bits per heavy atom. The molecule has 7 atom stereocenters. The number of nitrogens with one attached hydrogen (secondary N) is 1. The zero-order valence-electron chi connectivity index (χ0n) is 25.4. The van der Waals surface area contributed by atoms with Gasteiger partial charge in [-0.25, -0.2) is 4.21 Å². The van der Waals surface area contributed by atoms with Crippen LogP contribution in [0.4, 0.5) is 5.69 Å². The van der Waals surface area contributed by atoms with Gasteiger partial charge in [0.2, 0.25) is 0 Å². The van der Waals surface area contributed by atoms with Crippen molar-refractivity contribution in [1.82, 2.24) is 4.72 Å². The molecule has 6 rings (SSSR count). The minimum Gasteiger partial charge on any atom is -0.490 e. The first kappa shape index (κ1) is 30.5. The lowest BCUT2D eigenvalue weighted by atomic mass is 9.68. The second-order valence-corrected chi connectivity index (χ2v) is 15.6. The number of methoxy groups -OCH3 is 2. The van der Waals surface area contributed by atoms with E-state index in [9.17, 15) is 9.00 Å². The maximum absolute atomic E-state index is 13.7. The van der Waals surface area contributed by atoms with Crippen molar-refractivity contribution in [3.05, 3.63) is 70.3 Å². The first-order valence-electron chi connectivity index (χ1n) is 15.4. The van der Waals surface area contributed by atoms with Gasteiger partial charge in [0.1, 0.15) is 5.75 Å². The number of benzene rings is 2. The van der Waals surface area contributed by atoms with Gasteiger partial charge in [-0.3, -0.25) is 9.52 Å². The first-order valence-corrected chi connectivity index (χ1v) is 17.5. The number of halogens is 1. The molecule has 232 valence electrons. The highest BCUT2D eigenvalue weighted by molar-refractivity contribution is 7.99. The molecular weight excluding hydrogens is 584 g/mol. The number of anilines is 1. The summed E-state index contributed by atoms with van der Waals surface area (Å²) in [7, 11) is 0.359. The molecule has 1 unspecified atom stereocenters. The lowest BCUT2D eigenvalue weighted by molar-refractivity contribution is 0.0129. The van der Waals surface area contributed by atoms with Crippen molar-refractivity contribution in [2.24, 2.45) is 11.8 Å². The number of amides is 1. The predicted octanol–water partition coefficient (Wildman–Crippen LogP) is 5.58. The van der Waals surface area contributed by atoms with Crippen LogP contribution in [0.1, 0.15) is 60.5 Å². The Balaban J connectivity index is 1.43. The molecular formula is C34H43ClN2O5S. The van der Waals surface area contributed by atoms with Crippen molar-refractivity contribution in [3.63, 3.8) is 0 Å². The van der Waals surface area contributed by atoms with Crippen LogP contribution in [0.15, 0.2) is 48.6 Å². The van der Waals surface area contributed by atoms with E-state index >= 15 is 0 Å². The van der Waals surface area contributed by atoms with Gasteiger partial charge < -0.3 is 19.1 Å². The van der Waals surface area contributed by atoms with Gasteiger partial charge in [0, 0.05) is 43.3 Å². The summed E-state index contributed by atoms with van der Waals surface area (Å²) >= 11 is 6.42. The Morgan fingerprint density at radius 2 is 2.00 bits per heavy atom.